The van der Waals surface area contributed by atoms with Crippen molar-refractivity contribution in [3.8, 4) is 0 Å². The first-order chi connectivity index (χ1) is 8.27. The maximum absolute atomic E-state index is 3.80. The second-order valence-corrected chi connectivity index (χ2v) is 6.94. The fourth-order valence-corrected chi connectivity index (χ4v) is 4.71. The van der Waals surface area contributed by atoms with E-state index in [-0.39, 0.29) is 0 Å². The van der Waals surface area contributed by atoms with E-state index in [1.807, 2.05) is 0 Å². The van der Waals surface area contributed by atoms with Crippen LogP contribution >= 0.6 is 11.8 Å². The number of thioether (sulfide) groups is 1. The van der Waals surface area contributed by atoms with Crippen molar-refractivity contribution in [2.24, 2.45) is 0 Å². The third-order valence-electron chi connectivity index (χ3n) is 4.18. The van der Waals surface area contributed by atoms with Gasteiger partial charge in [-0.05, 0) is 44.1 Å². The van der Waals surface area contributed by atoms with E-state index in [1.54, 1.807) is 5.56 Å². The van der Waals surface area contributed by atoms with Gasteiger partial charge in [-0.3, -0.25) is 5.32 Å². The highest BCUT2D eigenvalue weighted by atomic mass is 32.2. The van der Waals surface area contributed by atoms with Gasteiger partial charge in [-0.25, -0.2) is 0 Å². The Morgan fingerprint density at radius 3 is 2.47 bits per heavy atom. The number of hydrogen-bond acceptors (Lipinski definition) is 2. The van der Waals surface area contributed by atoms with E-state index in [0.29, 0.717) is 10.9 Å². The quantitative estimate of drug-likeness (QED) is 0.811. The number of rotatable bonds is 1. The maximum atomic E-state index is 3.80. The number of benzene rings is 1. The van der Waals surface area contributed by atoms with Crippen LogP contribution < -0.4 is 5.32 Å². The van der Waals surface area contributed by atoms with Gasteiger partial charge in [-0.1, -0.05) is 30.3 Å². The Bertz CT molecular complexity index is 368. The molecule has 1 heterocycles. The SMILES string of the molecule is CC1CSC2(CCC(c3ccccc3)CC2)N1. The van der Waals surface area contributed by atoms with Gasteiger partial charge in [0.15, 0.2) is 0 Å². The first kappa shape index (κ1) is 11.6. The van der Waals surface area contributed by atoms with Crippen LogP contribution in [0.2, 0.25) is 0 Å². The second-order valence-electron chi connectivity index (χ2n) is 5.54. The Labute approximate surface area is 108 Å². The zero-order valence-corrected chi connectivity index (χ0v) is 11.3. The summed E-state index contributed by atoms with van der Waals surface area (Å²) in [5.41, 5.74) is 1.54. The molecule has 2 heteroatoms. The lowest BCUT2D eigenvalue weighted by Crippen LogP contribution is -2.43. The van der Waals surface area contributed by atoms with E-state index in [9.17, 15) is 0 Å². The molecule has 17 heavy (non-hydrogen) atoms. The van der Waals surface area contributed by atoms with Crippen LogP contribution in [0.25, 0.3) is 0 Å². The molecule has 3 rings (SSSR count). The largest absolute Gasteiger partial charge is 0.299 e. The molecule has 0 aromatic heterocycles. The van der Waals surface area contributed by atoms with Crippen molar-refractivity contribution in [1.29, 1.82) is 0 Å². The minimum atomic E-state index is 0.421. The third-order valence-corrected chi connectivity index (χ3v) is 5.93. The first-order valence-corrected chi connectivity index (χ1v) is 7.73. The molecule has 1 saturated heterocycles. The normalized spacial score (nSPS) is 37.5. The van der Waals surface area contributed by atoms with Gasteiger partial charge in [0.2, 0.25) is 0 Å². The van der Waals surface area contributed by atoms with Crippen molar-refractivity contribution in [3.63, 3.8) is 0 Å². The highest BCUT2D eigenvalue weighted by molar-refractivity contribution is 8.00. The van der Waals surface area contributed by atoms with Crippen molar-refractivity contribution in [3.05, 3.63) is 35.9 Å². The van der Waals surface area contributed by atoms with Crippen LogP contribution in [0.15, 0.2) is 30.3 Å². The van der Waals surface area contributed by atoms with Gasteiger partial charge in [0.1, 0.15) is 0 Å². The summed E-state index contributed by atoms with van der Waals surface area (Å²) < 4.78 is 0. The molecule has 1 spiro atoms. The number of hydrogen-bond donors (Lipinski definition) is 1. The molecule has 1 atom stereocenters. The topological polar surface area (TPSA) is 12.0 Å². The summed E-state index contributed by atoms with van der Waals surface area (Å²) in [5.74, 6) is 2.08. The van der Waals surface area contributed by atoms with Gasteiger partial charge in [0.05, 0.1) is 4.87 Å². The Kier molecular flexibility index (Phi) is 3.18. The monoisotopic (exact) mass is 247 g/mol. The Morgan fingerprint density at radius 2 is 1.88 bits per heavy atom. The Hall–Kier alpha value is -0.470. The Morgan fingerprint density at radius 1 is 1.18 bits per heavy atom. The third kappa shape index (κ3) is 2.38. The minimum Gasteiger partial charge on any atom is -0.299 e. The molecule has 2 aliphatic rings. The van der Waals surface area contributed by atoms with E-state index in [0.717, 1.165) is 5.92 Å². The van der Waals surface area contributed by atoms with E-state index in [2.05, 4.69) is 54.3 Å². The molecule has 1 aromatic rings. The second kappa shape index (κ2) is 4.66. The van der Waals surface area contributed by atoms with E-state index >= 15 is 0 Å². The lowest BCUT2D eigenvalue weighted by molar-refractivity contribution is 0.310. The molecule has 0 bridgehead atoms. The molecule has 0 radical (unpaired) electrons. The molecule has 1 aliphatic carbocycles. The summed E-state index contributed by atoms with van der Waals surface area (Å²) in [4.78, 5) is 0.421. The van der Waals surface area contributed by atoms with Gasteiger partial charge < -0.3 is 0 Å². The summed E-state index contributed by atoms with van der Waals surface area (Å²) in [7, 11) is 0. The van der Waals surface area contributed by atoms with Gasteiger partial charge in [-0.2, -0.15) is 0 Å². The van der Waals surface area contributed by atoms with Gasteiger partial charge in [0, 0.05) is 11.8 Å². The average Bonchev–Trinajstić information content (AvgIpc) is 2.73. The molecule has 1 saturated carbocycles. The molecule has 1 nitrogen and oxygen atoms in total. The van der Waals surface area contributed by atoms with E-state index in [4.69, 9.17) is 0 Å². The zero-order chi connectivity index (χ0) is 11.7. The standard InChI is InChI=1S/C15H21NS/c1-12-11-17-15(16-12)9-7-14(8-10-15)13-5-3-2-4-6-13/h2-6,12,14,16H,7-11H2,1H3. The van der Waals surface area contributed by atoms with Crippen molar-refractivity contribution >= 4 is 11.8 Å². The first-order valence-electron chi connectivity index (χ1n) is 6.74. The van der Waals surface area contributed by atoms with Crippen molar-refractivity contribution in [2.75, 3.05) is 5.75 Å². The molecule has 1 aromatic carbocycles. The van der Waals surface area contributed by atoms with Crippen LogP contribution in [0.3, 0.4) is 0 Å². The Balaban J connectivity index is 1.65. The van der Waals surface area contributed by atoms with E-state index in [1.165, 1.54) is 31.4 Å². The molecule has 1 aliphatic heterocycles. The van der Waals surface area contributed by atoms with Crippen LogP contribution in [-0.2, 0) is 0 Å². The fraction of sp³-hybridized carbons (Fsp3) is 0.600. The van der Waals surface area contributed by atoms with Crippen LogP contribution in [0.5, 0.6) is 0 Å². The van der Waals surface area contributed by atoms with Crippen molar-refractivity contribution in [1.82, 2.24) is 5.32 Å². The lowest BCUT2D eigenvalue weighted by Gasteiger charge is -2.37. The minimum absolute atomic E-state index is 0.421. The zero-order valence-electron chi connectivity index (χ0n) is 10.5. The van der Waals surface area contributed by atoms with Crippen LogP contribution in [0.4, 0.5) is 0 Å². The number of nitrogens with one attached hydrogen (secondary N) is 1. The molecule has 1 N–H and O–H groups in total. The molecule has 1 unspecified atom stereocenters. The van der Waals surface area contributed by atoms with E-state index < -0.39 is 0 Å². The predicted octanol–water partition coefficient (Wildman–Crippen LogP) is 3.77. The summed E-state index contributed by atoms with van der Waals surface area (Å²) in [6, 6.07) is 11.7. The molecular weight excluding hydrogens is 226 g/mol. The van der Waals surface area contributed by atoms with Crippen LogP contribution in [-0.4, -0.2) is 16.7 Å². The molecule has 2 fully saturated rings. The van der Waals surface area contributed by atoms with Crippen LogP contribution in [0.1, 0.15) is 44.1 Å². The fourth-order valence-electron chi connectivity index (χ4n) is 3.25. The van der Waals surface area contributed by atoms with Crippen molar-refractivity contribution in [2.45, 2.75) is 49.4 Å². The molecule has 92 valence electrons. The lowest BCUT2D eigenvalue weighted by atomic mass is 9.81. The highest BCUT2D eigenvalue weighted by Gasteiger charge is 2.40. The smallest absolute Gasteiger partial charge is 0.0648 e. The molecule has 0 amide bonds. The van der Waals surface area contributed by atoms with Crippen molar-refractivity contribution < 1.29 is 0 Å². The summed E-state index contributed by atoms with van der Waals surface area (Å²) in [5, 5.41) is 3.80. The van der Waals surface area contributed by atoms with Gasteiger partial charge in [-0.15, -0.1) is 11.8 Å². The molecular formula is C15H21NS. The predicted molar refractivity (Wildman–Crippen MR) is 75.4 cm³/mol. The summed E-state index contributed by atoms with van der Waals surface area (Å²) in [6.07, 6.45) is 5.36. The summed E-state index contributed by atoms with van der Waals surface area (Å²) in [6.45, 7) is 2.31. The van der Waals surface area contributed by atoms with Gasteiger partial charge in [0.25, 0.3) is 0 Å². The van der Waals surface area contributed by atoms with Crippen LogP contribution in [0, 0.1) is 0 Å². The highest BCUT2D eigenvalue weighted by Crippen LogP contribution is 2.46. The average molecular weight is 247 g/mol. The van der Waals surface area contributed by atoms with Gasteiger partial charge >= 0.3 is 0 Å². The summed E-state index contributed by atoms with van der Waals surface area (Å²) >= 11 is 2.16. The maximum Gasteiger partial charge on any atom is 0.0648 e.